The molecule has 3 aromatic rings. The number of nitrogens with zero attached hydrogens (tertiary/aromatic N) is 1. The van der Waals surface area contributed by atoms with Gasteiger partial charge in [-0.2, -0.15) is 0 Å². The molecule has 2 atom stereocenters. The van der Waals surface area contributed by atoms with Gasteiger partial charge in [-0.3, -0.25) is 4.90 Å². The molecule has 0 unspecified atom stereocenters. The van der Waals surface area contributed by atoms with Gasteiger partial charge in [0.05, 0.1) is 25.4 Å². The molecule has 0 radical (unpaired) electrons. The second-order valence-electron chi connectivity index (χ2n) is 8.74. The van der Waals surface area contributed by atoms with Crippen LogP contribution >= 0.6 is 0 Å². The van der Waals surface area contributed by atoms with E-state index in [1.54, 1.807) is 0 Å². The fourth-order valence-electron chi connectivity index (χ4n) is 4.77. The maximum absolute atomic E-state index is 12.5. The highest BCUT2D eigenvalue weighted by molar-refractivity contribution is 5.36. The summed E-state index contributed by atoms with van der Waals surface area (Å²) in [6.45, 7) is 6.66. The van der Waals surface area contributed by atoms with Crippen molar-refractivity contribution in [2.45, 2.75) is 31.3 Å². The van der Waals surface area contributed by atoms with Crippen LogP contribution in [0.4, 0.5) is 0 Å². The number of hydrogen-bond acceptors (Lipinski definition) is 4. The fraction of sp³-hybridized carbons (Fsp3) is 0.379. The Hall–Kier alpha value is -2.66. The molecule has 1 aliphatic heterocycles. The highest BCUT2D eigenvalue weighted by Crippen LogP contribution is 2.42. The highest BCUT2D eigenvalue weighted by Gasteiger charge is 2.40. The zero-order valence-electron chi connectivity index (χ0n) is 19.5. The Kier molecular flexibility index (Phi) is 8.16. The van der Waals surface area contributed by atoms with Gasteiger partial charge >= 0.3 is 0 Å². The number of benzene rings is 3. The normalized spacial score (nSPS) is 17.3. The minimum absolute atomic E-state index is 0.0709. The van der Waals surface area contributed by atoms with E-state index < -0.39 is 5.60 Å². The lowest BCUT2D eigenvalue weighted by atomic mass is 9.73. The summed E-state index contributed by atoms with van der Waals surface area (Å²) in [4.78, 5) is 2.42. The van der Waals surface area contributed by atoms with E-state index in [0.29, 0.717) is 13.0 Å². The Morgan fingerprint density at radius 2 is 1.55 bits per heavy atom. The van der Waals surface area contributed by atoms with Crippen LogP contribution in [0.5, 0.6) is 5.75 Å². The standard InChI is InChI=1S/C29H35NO3/c1-2-33-27-15-13-26(14-16-27)29(31,18-17-24-9-5-3-6-10-24)28(25-11-7-4-8-12-25)23-30-19-21-32-22-20-30/h3-16,28,31H,2,17-23H2,1H3/t28-,29+/m0/s1. The van der Waals surface area contributed by atoms with Gasteiger partial charge in [0.25, 0.3) is 0 Å². The molecule has 33 heavy (non-hydrogen) atoms. The number of ether oxygens (including phenoxy) is 2. The smallest absolute Gasteiger partial charge is 0.119 e. The van der Waals surface area contributed by atoms with Crippen LogP contribution in [0.25, 0.3) is 0 Å². The Bertz CT molecular complexity index is 955. The zero-order chi connectivity index (χ0) is 22.9. The second kappa shape index (κ2) is 11.5. The highest BCUT2D eigenvalue weighted by atomic mass is 16.5. The summed E-state index contributed by atoms with van der Waals surface area (Å²) < 4.78 is 11.2. The van der Waals surface area contributed by atoms with Gasteiger partial charge in [-0.1, -0.05) is 72.8 Å². The quantitative estimate of drug-likeness (QED) is 0.476. The predicted molar refractivity (Wildman–Crippen MR) is 133 cm³/mol. The van der Waals surface area contributed by atoms with Crippen molar-refractivity contribution in [2.24, 2.45) is 0 Å². The molecule has 0 saturated carbocycles. The van der Waals surface area contributed by atoms with Crippen LogP contribution in [0.2, 0.25) is 0 Å². The zero-order valence-corrected chi connectivity index (χ0v) is 19.5. The number of morpholine rings is 1. The van der Waals surface area contributed by atoms with Crippen LogP contribution in [0, 0.1) is 0 Å². The summed E-state index contributed by atoms with van der Waals surface area (Å²) in [5.74, 6) is 0.759. The van der Waals surface area contributed by atoms with E-state index in [1.165, 1.54) is 5.56 Å². The SMILES string of the molecule is CCOc1ccc([C@](O)(CCc2ccccc2)[C@@H](CN2CCOCC2)c2ccccc2)cc1. The molecule has 0 aliphatic carbocycles. The van der Waals surface area contributed by atoms with Crippen molar-refractivity contribution in [3.8, 4) is 5.75 Å². The molecule has 1 aliphatic rings. The van der Waals surface area contributed by atoms with E-state index in [0.717, 1.165) is 56.1 Å². The summed E-state index contributed by atoms with van der Waals surface area (Å²) in [6.07, 6.45) is 1.44. The Morgan fingerprint density at radius 1 is 0.909 bits per heavy atom. The molecule has 1 heterocycles. The van der Waals surface area contributed by atoms with Crippen molar-refractivity contribution >= 4 is 0 Å². The van der Waals surface area contributed by atoms with Crippen molar-refractivity contribution in [1.82, 2.24) is 4.90 Å². The minimum Gasteiger partial charge on any atom is -0.494 e. The van der Waals surface area contributed by atoms with Gasteiger partial charge in [0.2, 0.25) is 0 Å². The van der Waals surface area contributed by atoms with Crippen LogP contribution in [0.3, 0.4) is 0 Å². The molecule has 174 valence electrons. The fourth-order valence-corrected chi connectivity index (χ4v) is 4.77. The van der Waals surface area contributed by atoms with E-state index >= 15 is 0 Å². The first-order valence-electron chi connectivity index (χ1n) is 12.0. The molecule has 0 amide bonds. The Balaban J connectivity index is 1.71. The lowest BCUT2D eigenvalue weighted by molar-refractivity contribution is -0.0279. The van der Waals surface area contributed by atoms with E-state index in [2.05, 4.69) is 53.4 Å². The average molecular weight is 446 g/mol. The largest absolute Gasteiger partial charge is 0.494 e. The number of hydrogen-bond donors (Lipinski definition) is 1. The first-order chi connectivity index (χ1) is 16.2. The van der Waals surface area contributed by atoms with E-state index in [-0.39, 0.29) is 5.92 Å². The topological polar surface area (TPSA) is 41.9 Å². The molecule has 1 N–H and O–H groups in total. The van der Waals surface area contributed by atoms with Crippen molar-refractivity contribution in [1.29, 1.82) is 0 Å². The Labute approximate surface area is 197 Å². The summed E-state index contributed by atoms with van der Waals surface area (Å²) in [5.41, 5.74) is 2.30. The van der Waals surface area contributed by atoms with Crippen molar-refractivity contribution in [3.63, 3.8) is 0 Å². The second-order valence-corrected chi connectivity index (χ2v) is 8.74. The van der Waals surface area contributed by atoms with Gasteiger partial charge in [-0.05, 0) is 48.6 Å². The monoisotopic (exact) mass is 445 g/mol. The number of aliphatic hydroxyl groups is 1. The first-order valence-corrected chi connectivity index (χ1v) is 12.0. The molecule has 0 spiro atoms. The molecular weight excluding hydrogens is 410 g/mol. The molecule has 0 aromatic heterocycles. The van der Waals surface area contributed by atoms with Gasteiger partial charge < -0.3 is 14.6 Å². The first kappa shape index (κ1) is 23.5. The summed E-state index contributed by atoms with van der Waals surface area (Å²) in [7, 11) is 0. The van der Waals surface area contributed by atoms with Crippen LogP contribution in [0.15, 0.2) is 84.9 Å². The van der Waals surface area contributed by atoms with Crippen LogP contribution in [-0.4, -0.2) is 49.5 Å². The lowest BCUT2D eigenvalue weighted by Gasteiger charge is -2.41. The van der Waals surface area contributed by atoms with E-state index in [9.17, 15) is 5.11 Å². The molecule has 4 heteroatoms. The molecule has 4 nitrogen and oxygen atoms in total. The van der Waals surface area contributed by atoms with Crippen molar-refractivity contribution in [2.75, 3.05) is 39.5 Å². The van der Waals surface area contributed by atoms with Gasteiger partial charge in [-0.15, -0.1) is 0 Å². The molecule has 3 aromatic carbocycles. The van der Waals surface area contributed by atoms with E-state index in [4.69, 9.17) is 9.47 Å². The van der Waals surface area contributed by atoms with Gasteiger partial charge in [-0.25, -0.2) is 0 Å². The maximum atomic E-state index is 12.5. The summed E-state index contributed by atoms with van der Waals surface area (Å²) in [6, 6.07) is 28.9. The van der Waals surface area contributed by atoms with Gasteiger partial charge in [0.1, 0.15) is 5.75 Å². The lowest BCUT2D eigenvalue weighted by Crippen LogP contribution is -2.45. The third-order valence-electron chi connectivity index (χ3n) is 6.63. The van der Waals surface area contributed by atoms with E-state index in [1.807, 2.05) is 43.3 Å². The van der Waals surface area contributed by atoms with Crippen LogP contribution < -0.4 is 4.74 Å². The summed E-state index contributed by atoms with van der Waals surface area (Å²) >= 11 is 0. The summed E-state index contributed by atoms with van der Waals surface area (Å²) in [5, 5.41) is 12.5. The third-order valence-corrected chi connectivity index (χ3v) is 6.63. The van der Waals surface area contributed by atoms with Crippen LogP contribution in [-0.2, 0) is 16.8 Å². The van der Waals surface area contributed by atoms with Gasteiger partial charge in [0, 0.05) is 25.6 Å². The maximum Gasteiger partial charge on any atom is 0.119 e. The predicted octanol–water partition coefficient (Wildman–Crippen LogP) is 5.02. The molecular formula is C29H35NO3. The molecule has 1 saturated heterocycles. The number of rotatable bonds is 10. The average Bonchev–Trinajstić information content (AvgIpc) is 2.88. The van der Waals surface area contributed by atoms with Crippen molar-refractivity contribution in [3.05, 3.63) is 102 Å². The Morgan fingerprint density at radius 3 is 2.18 bits per heavy atom. The minimum atomic E-state index is -1.03. The third kappa shape index (κ3) is 6.02. The van der Waals surface area contributed by atoms with Crippen molar-refractivity contribution < 1.29 is 14.6 Å². The molecule has 1 fully saturated rings. The number of aryl methyl sites for hydroxylation is 1. The molecule has 0 bridgehead atoms. The van der Waals surface area contributed by atoms with Crippen LogP contribution in [0.1, 0.15) is 36.0 Å². The molecule has 4 rings (SSSR count). The van der Waals surface area contributed by atoms with Gasteiger partial charge in [0.15, 0.2) is 0 Å².